The molecule has 16 heavy (non-hydrogen) atoms. The first-order chi connectivity index (χ1) is 7.69. The summed E-state index contributed by atoms with van der Waals surface area (Å²) in [6.07, 6.45) is -0.311. The number of hydrogen-bond donors (Lipinski definition) is 2. The van der Waals surface area contributed by atoms with Gasteiger partial charge in [0.05, 0.1) is 6.04 Å². The number of halogens is 1. The molecule has 3 N–H and O–H groups in total. The van der Waals surface area contributed by atoms with Crippen molar-refractivity contribution in [2.24, 2.45) is 5.73 Å². The summed E-state index contributed by atoms with van der Waals surface area (Å²) in [5.41, 5.74) is 6.29. The summed E-state index contributed by atoms with van der Waals surface area (Å²) in [5, 5.41) is 2.61. The predicted octanol–water partition coefficient (Wildman–Crippen LogP) is 0.804. The van der Waals surface area contributed by atoms with Crippen molar-refractivity contribution in [2.75, 3.05) is 6.54 Å². The zero-order valence-electron chi connectivity index (χ0n) is 8.65. The minimum Gasteiger partial charge on any atom is -0.444 e. The van der Waals surface area contributed by atoms with E-state index in [1.54, 1.807) is 12.1 Å². The molecule has 0 aromatic heterocycles. The molecule has 1 heterocycles. The molecule has 1 saturated heterocycles. The number of alkyl carbamates (subject to hydrolysis) is 1. The van der Waals surface area contributed by atoms with E-state index in [1.165, 1.54) is 12.1 Å². The van der Waals surface area contributed by atoms with Gasteiger partial charge in [0.2, 0.25) is 0 Å². The van der Waals surface area contributed by atoms with Gasteiger partial charge in [-0.25, -0.2) is 9.18 Å². The van der Waals surface area contributed by atoms with Crippen molar-refractivity contribution in [1.29, 1.82) is 0 Å². The zero-order valence-corrected chi connectivity index (χ0v) is 8.65. The lowest BCUT2D eigenvalue weighted by Crippen LogP contribution is -2.39. The number of cyclic esters (lactones) is 1. The lowest BCUT2D eigenvalue weighted by atomic mass is 10.0. The molecule has 0 spiro atoms. The number of ether oxygens (including phenoxy) is 1. The van der Waals surface area contributed by atoms with Crippen LogP contribution in [0.1, 0.15) is 5.56 Å². The smallest absolute Gasteiger partial charge is 0.407 e. The SMILES string of the molecule is NCC1NC(=O)OC1Cc1cccc(F)c1. The molecular formula is C11H13FN2O2. The molecule has 2 unspecified atom stereocenters. The number of hydrogen-bond acceptors (Lipinski definition) is 3. The summed E-state index contributed by atoms with van der Waals surface area (Å²) in [6.45, 7) is 0.311. The van der Waals surface area contributed by atoms with Gasteiger partial charge < -0.3 is 15.8 Å². The van der Waals surface area contributed by atoms with Crippen molar-refractivity contribution in [3.8, 4) is 0 Å². The standard InChI is InChI=1S/C11H13FN2O2/c12-8-3-1-2-7(4-8)5-10-9(6-13)14-11(15)16-10/h1-4,9-10H,5-6,13H2,(H,14,15). The van der Waals surface area contributed by atoms with Crippen LogP contribution in [0.4, 0.5) is 9.18 Å². The van der Waals surface area contributed by atoms with Gasteiger partial charge in [0, 0.05) is 13.0 Å². The van der Waals surface area contributed by atoms with Crippen molar-refractivity contribution < 1.29 is 13.9 Å². The van der Waals surface area contributed by atoms with E-state index < -0.39 is 6.09 Å². The molecular weight excluding hydrogens is 211 g/mol. The quantitative estimate of drug-likeness (QED) is 0.798. The van der Waals surface area contributed by atoms with Crippen molar-refractivity contribution >= 4 is 6.09 Å². The highest BCUT2D eigenvalue weighted by atomic mass is 19.1. The highest BCUT2D eigenvalue weighted by Crippen LogP contribution is 2.15. The van der Waals surface area contributed by atoms with Crippen LogP contribution in [0, 0.1) is 5.82 Å². The van der Waals surface area contributed by atoms with E-state index in [1.807, 2.05) is 0 Å². The van der Waals surface area contributed by atoms with Gasteiger partial charge in [-0.05, 0) is 17.7 Å². The molecule has 1 aliphatic rings. The van der Waals surface area contributed by atoms with Crippen molar-refractivity contribution in [1.82, 2.24) is 5.32 Å². The number of carbonyl (C=O) groups is 1. The van der Waals surface area contributed by atoms with E-state index in [4.69, 9.17) is 10.5 Å². The summed E-state index contributed by atoms with van der Waals surface area (Å²) in [4.78, 5) is 11.0. The van der Waals surface area contributed by atoms with Crippen molar-refractivity contribution in [3.05, 3.63) is 35.6 Å². The van der Waals surface area contributed by atoms with Gasteiger partial charge in [0.15, 0.2) is 0 Å². The maximum atomic E-state index is 12.9. The van der Waals surface area contributed by atoms with E-state index in [0.717, 1.165) is 5.56 Å². The zero-order chi connectivity index (χ0) is 11.5. The Balaban J connectivity index is 2.06. The lowest BCUT2D eigenvalue weighted by Gasteiger charge is -2.14. The fourth-order valence-electron chi connectivity index (χ4n) is 1.79. The highest BCUT2D eigenvalue weighted by molar-refractivity contribution is 5.70. The molecule has 1 aromatic rings. The Kier molecular flexibility index (Phi) is 3.05. The second-order valence-corrected chi connectivity index (χ2v) is 3.76. The van der Waals surface area contributed by atoms with Crippen LogP contribution in [-0.4, -0.2) is 24.8 Å². The van der Waals surface area contributed by atoms with Crippen LogP contribution in [-0.2, 0) is 11.2 Å². The van der Waals surface area contributed by atoms with Gasteiger partial charge in [-0.15, -0.1) is 0 Å². The average Bonchev–Trinajstić information content (AvgIpc) is 2.59. The maximum Gasteiger partial charge on any atom is 0.407 e. The second-order valence-electron chi connectivity index (χ2n) is 3.76. The van der Waals surface area contributed by atoms with Crippen molar-refractivity contribution in [3.63, 3.8) is 0 Å². The third kappa shape index (κ3) is 2.30. The molecule has 0 radical (unpaired) electrons. The Hall–Kier alpha value is -1.62. The lowest BCUT2D eigenvalue weighted by molar-refractivity contribution is 0.132. The number of nitrogens with one attached hydrogen (secondary N) is 1. The minimum atomic E-state index is -0.461. The van der Waals surface area contributed by atoms with E-state index in [9.17, 15) is 9.18 Å². The molecule has 1 aromatic carbocycles. The summed E-state index contributed by atoms with van der Waals surface area (Å²) >= 11 is 0. The Bertz CT molecular complexity index is 397. The first-order valence-electron chi connectivity index (χ1n) is 5.10. The summed E-state index contributed by atoms with van der Waals surface area (Å²) in [7, 11) is 0. The molecule has 86 valence electrons. The highest BCUT2D eigenvalue weighted by Gasteiger charge is 2.32. The van der Waals surface area contributed by atoms with Gasteiger partial charge in [0.25, 0.3) is 0 Å². The van der Waals surface area contributed by atoms with E-state index in [2.05, 4.69) is 5.32 Å². The minimum absolute atomic E-state index is 0.198. The Morgan fingerprint density at radius 2 is 2.31 bits per heavy atom. The largest absolute Gasteiger partial charge is 0.444 e. The number of carbonyl (C=O) groups excluding carboxylic acids is 1. The fourth-order valence-corrected chi connectivity index (χ4v) is 1.79. The van der Waals surface area contributed by atoms with Gasteiger partial charge >= 0.3 is 6.09 Å². The number of nitrogens with two attached hydrogens (primary N) is 1. The van der Waals surface area contributed by atoms with Crippen LogP contribution in [0.25, 0.3) is 0 Å². The predicted molar refractivity (Wildman–Crippen MR) is 56.4 cm³/mol. The molecule has 2 atom stereocenters. The average molecular weight is 224 g/mol. The maximum absolute atomic E-state index is 12.9. The summed E-state index contributed by atoms with van der Waals surface area (Å²) in [6, 6.07) is 6.04. The van der Waals surface area contributed by atoms with Crippen LogP contribution in [0.3, 0.4) is 0 Å². The molecule has 0 aliphatic carbocycles. The van der Waals surface area contributed by atoms with Gasteiger partial charge in [-0.2, -0.15) is 0 Å². The Labute approximate surface area is 92.6 Å². The van der Waals surface area contributed by atoms with Gasteiger partial charge in [-0.1, -0.05) is 12.1 Å². The van der Waals surface area contributed by atoms with E-state index in [-0.39, 0.29) is 18.0 Å². The molecule has 1 amide bonds. The monoisotopic (exact) mass is 224 g/mol. The first-order valence-corrected chi connectivity index (χ1v) is 5.10. The molecule has 1 aliphatic heterocycles. The molecule has 1 fully saturated rings. The number of amides is 1. The fraction of sp³-hybridized carbons (Fsp3) is 0.364. The Morgan fingerprint density at radius 1 is 1.50 bits per heavy atom. The van der Waals surface area contributed by atoms with Crippen LogP contribution in [0.15, 0.2) is 24.3 Å². The molecule has 5 heteroatoms. The number of rotatable bonds is 3. The van der Waals surface area contributed by atoms with Crippen LogP contribution >= 0.6 is 0 Å². The first kappa shape index (κ1) is 10.9. The van der Waals surface area contributed by atoms with Gasteiger partial charge in [-0.3, -0.25) is 0 Å². The number of benzene rings is 1. The molecule has 0 bridgehead atoms. The molecule has 4 nitrogen and oxygen atoms in total. The molecule has 0 saturated carbocycles. The third-order valence-corrected chi connectivity index (χ3v) is 2.59. The summed E-state index contributed by atoms with van der Waals surface area (Å²) in [5.74, 6) is -0.293. The van der Waals surface area contributed by atoms with Gasteiger partial charge in [0.1, 0.15) is 11.9 Å². The van der Waals surface area contributed by atoms with Crippen LogP contribution in [0.2, 0.25) is 0 Å². The third-order valence-electron chi connectivity index (χ3n) is 2.59. The van der Waals surface area contributed by atoms with Crippen LogP contribution in [0.5, 0.6) is 0 Å². The molecule has 2 rings (SSSR count). The topological polar surface area (TPSA) is 64.3 Å². The summed E-state index contributed by atoms with van der Waals surface area (Å²) < 4.78 is 18.0. The van der Waals surface area contributed by atoms with Crippen molar-refractivity contribution in [2.45, 2.75) is 18.6 Å². The van der Waals surface area contributed by atoms with E-state index in [0.29, 0.717) is 13.0 Å². The van der Waals surface area contributed by atoms with Crippen LogP contribution < -0.4 is 11.1 Å². The normalized spacial score (nSPS) is 24.0. The second kappa shape index (κ2) is 4.49. The van der Waals surface area contributed by atoms with E-state index >= 15 is 0 Å². The Morgan fingerprint density at radius 3 is 3.00 bits per heavy atom.